The molecule has 0 spiro atoms. The highest BCUT2D eigenvalue weighted by molar-refractivity contribution is 7.86. The van der Waals surface area contributed by atoms with Crippen LogP contribution in [0.25, 0.3) is 0 Å². The van der Waals surface area contributed by atoms with Crippen molar-refractivity contribution in [2.24, 2.45) is 5.92 Å². The van der Waals surface area contributed by atoms with Crippen LogP contribution in [0.3, 0.4) is 0 Å². The zero-order valence-corrected chi connectivity index (χ0v) is 14.2. The average Bonchev–Trinajstić information content (AvgIpc) is 2.86. The molecule has 6 nitrogen and oxygen atoms in total. The Bertz CT molecular complexity index is 687. The molecular formula is C16H21FN2O4S. The van der Waals surface area contributed by atoms with Crippen LogP contribution in [0.5, 0.6) is 0 Å². The van der Waals surface area contributed by atoms with Gasteiger partial charge >= 0.3 is 10.2 Å². The summed E-state index contributed by atoms with van der Waals surface area (Å²) < 4.78 is 39.6. The van der Waals surface area contributed by atoms with Crippen molar-refractivity contribution in [3.63, 3.8) is 0 Å². The zero-order chi connectivity index (χ0) is 17.2. The summed E-state index contributed by atoms with van der Waals surface area (Å²) in [6, 6.07) is 7.98. The number of carbonyl (C=O) groups excluding carboxylic acids is 1. The third-order valence-corrected chi connectivity index (χ3v) is 5.28. The highest BCUT2D eigenvalue weighted by Gasteiger charge is 2.32. The third-order valence-electron chi connectivity index (χ3n) is 4.42. The largest absolute Gasteiger partial charge is 0.378 e. The molecule has 1 amide bonds. The molecule has 0 saturated carbocycles. The van der Waals surface area contributed by atoms with Crippen LogP contribution in [0, 0.1) is 5.92 Å². The second kappa shape index (κ2) is 7.06. The van der Waals surface area contributed by atoms with Crippen molar-refractivity contribution in [3.8, 4) is 0 Å². The van der Waals surface area contributed by atoms with E-state index in [2.05, 4.69) is 4.90 Å². The van der Waals surface area contributed by atoms with Gasteiger partial charge in [0.1, 0.15) is 0 Å². The maximum atomic E-state index is 12.8. The van der Waals surface area contributed by atoms with Crippen LogP contribution in [0.1, 0.15) is 12.0 Å². The number of nitrogens with zero attached hydrogens (tertiary/aromatic N) is 2. The first-order valence-corrected chi connectivity index (χ1v) is 9.58. The van der Waals surface area contributed by atoms with Gasteiger partial charge in [0.2, 0.25) is 5.91 Å². The van der Waals surface area contributed by atoms with Gasteiger partial charge in [0, 0.05) is 44.2 Å². The van der Waals surface area contributed by atoms with Crippen molar-refractivity contribution < 1.29 is 21.8 Å². The average molecular weight is 356 g/mol. The fourth-order valence-electron chi connectivity index (χ4n) is 3.25. The van der Waals surface area contributed by atoms with Crippen molar-refractivity contribution in [1.82, 2.24) is 4.90 Å². The predicted octanol–water partition coefficient (Wildman–Crippen LogP) is 1.17. The maximum absolute atomic E-state index is 12.8. The Balaban J connectivity index is 1.58. The minimum absolute atomic E-state index is 0.0923. The number of hydrogen-bond acceptors (Lipinski definition) is 5. The van der Waals surface area contributed by atoms with E-state index >= 15 is 0 Å². The van der Waals surface area contributed by atoms with Crippen LogP contribution in [-0.4, -0.2) is 57.8 Å². The summed E-state index contributed by atoms with van der Waals surface area (Å²) in [6.07, 6.45) is 0.0923. The van der Waals surface area contributed by atoms with Gasteiger partial charge in [-0.1, -0.05) is 12.1 Å². The van der Waals surface area contributed by atoms with Crippen LogP contribution in [-0.2, 0) is 26.3 Å². The fraction of sp³-hybridized carbons (Fsp3) is 0.562. The first-order chi connectivity index (χ1) is 11.4. The predicted molar refractivity (Wildman–Crippen MR) is 87.9 cm³/mol. The first-order valence-electron chi connectivity index (χ1n) is 8.02. The summed E-state index contributed by atoms with van der Waals surface area (Å²) >= 11 is 0. The summed E-state index contributed by atoms with van der Waals surface area (Å²) in [5.41, 5.74) is 2.10. The number of likely N-dealkylation sites (tertiary alicyclic amines) is 1. The Morgan fingerprint density at radius 1 is 1.17 bits per heavy atom. The van der Waals surface area contributed by atoms with Gasteiger partial charge in [0.05, 0.1) is 19.0 Å². The van der Waals surface area contributed by atoms with Crippen molar-refractivity contribution in [1.29, 1.82) is 0 Å². The lowest BCUT2D eigenvalue weighted by atomic mass is 10.1. The number of amides is 1. The van der Waals surface area contributed by atoms with Crippen LogP contribution >= 0.6 is 0 Å². The van der Waals surface area contributed by atoms with E-state index in [9.17, 15) is 17.1 Å². The van der Waals surface area contributed by atoms with Crippen LogP contribution in [0.2, 0.25) is 0 Å². The maximum Gasteiger partial charge on any atom is 0.302 e. The van der Waals surface area contributed by atoms with Gasteiger partial charge < -0.3 is 14.5 Å². The summed E-state index contributed by atoms with van der Waals surface area (Å²) in [4.78, 5) is 15.8. The van der Waals surface area contributed by atoms with Crippen LogP contribution < -0.4 is 4.90 Å². The van der Waals surface area contributed by atoms with E-state index in [1.165, 1.54) is 0 Å². The number of halogens is 1. The summed E-state index contributed by atoms with van der Waals surface area (Å²) in [6.45, 7) is 3.89. The number of ether oxygens (including phenoxy) is 1. The van der Waals surface area contributed by atoms with Crippen LogP contribution in [0.4, 0.5) is 9.57 Å². The molecule has 1 atom stereocenters. The second-order valence-electron chi connectivity index (χ2n) is 6.32. The summed E-state index contributed by atoms with van der Waals surface area (Å²) in [5, 5.41) is 0. The molecule has 3 rings (SSSR count). The number of benzene rings is 1. The molecule has 0 N–H and O–H groups in total. The Morgan fingerprint density at radius 3 is 2.46 bits per heavy atom. The van der Waals surface area contributed by atoms with Gasteiger partial charge in [0.15, 0.2) is 0 Å². The Morgan fingerprint density at radius 2 is 1.83 bits per heavy atom. The molecule has 0 radical (unpaired) electrons. The zero-order valence-electron chi connectivity index (χ0n) is 13.4. The minimum Gasteiger partial charge on any atom is -0.378 e. The van der Waals surface area contributed by atoms with E-state index in [1.54, 1.807) is 4.90 Å². The Hall–Kier alpha value is -1.67. The summed E-state index contributed by atoms with van der Waals surface area (Å²) in [5.74, 6) is -1.16. The monoisotopic (exact) mass is 356 g/mol. The first kappa shape index (κ1) is 17.2. The highest BCUT2D eigenvalue weighted by atomic mass is 32.3. The van der Waals surface area contributed by atoms with Crippen molar-refractivity contribution in [2.75, 3.05) is 43.5 Å². The SMILES string of the molecule is O=C1CC(CS(=O)(=O)F)CN1Cc1ccc(N2CCOCC2)cc1. The van der Waals surface area contributed by atoms with E-state index in [0.717, 1.165) is 37.6 Å². The van der Waals surface area contributed by atoms with E-state index in [4.69, 9.17) is 4.74 Å². The fourth-order valence-corrected chi connectivity index (χ4v) is 4.04. The summed E-state index contributed by atoms with van der Waals surface area (Å²) in [7, 11) is -4.54. The molecule has 2 aliphatic heterocycles. The van der Waals surface area contributed by atoms with Crippen molar-refractivity contribution >= 4 is 21.8 Å². The highest BCUT2D eigenvalue weighted by Crippen LogP contribution is 2.23. The number of anilines is 1. The van der Waals surface area contributed by atoms with Gasteiger partial charge in [-0.05, 0) is 17.7 Å². The number of carbonyl (C=O) groups is 1. The van der Waals surface area contributed by atoms with E-state index in [1.807, 2.05) is 24.3 Å². The number of hydrogen-bond donors (Lipinski definition) is 0. The molecule has 2 aliphatic rings. The molecule has 8 heteroatoms. The van der Waals surface area contributed by atoms with Gasteiger partial charge in [-0.3, -0.25) is 4.79 Å². The molecule has 132 valence electrons. The molecule has 2 saturated heterocycles. The van der Waals surface area contributed by atoms with Gasteiger partial charge in [-0.2, -0.15) is 8.42 Å². The van der Waals surface area contributed by atoms with Gasteiger partial charge in [-0.25, -0.2) is 0 Å². The Labute approximate surface area is 141 Å². The Kier molecular flexibility index (Phi) is 5.05. The van der Waals surface area contributed by atoms with Gasteiger partial charge in [0.25, 0.3) is 0 Å². The van der Waals surface area contributed by atoms with E-state index in [0.29, 0.717) is 6.54 Å². The lowest BCUT2D eigenvalue weighted by molar-refractivity contribution is -0.128. The van der Waals surface area contributed by atoms with E-state index < -0.39 is 21.9 Å². The molecule has 1 aromatic carbocycles. The topological polar surface area (TPSA) is 66.9 Å². The third kappa shape index (κ3) is 4.45. The molecule has 2 fully saturated rings. The molecule has 1 aromatic rings. The quantitative estimate of drug-likeness (QED) is 0.741. The van der Waals surface area contributed by atoms with Crippen molar-refractivity contribution in [3.05, 3.63) is 29.8 Å². The molecule has 2 heterocycles. The lowest BCUT2D eigenvalue weighted by Crippen LogP contribution is -2.36. The molecule has 0 bridgehead atoms. The molecule has 0 aliphatic carbocycles. The molecule has 1 unspecified atom stereocenters. The van der Waals surface area contributed by atoms with Crippen molar-refractivity contribution in [2.45, 2.75) is 13.0 Å². The van der Waals surface area contributed by atoms with Gasteiger partial charge in [-0.15, -0.1) is 3.89 Å². The molecular weight excluding hydrogens is 335 g/mol. The van der Waals surface area contributed by atoms with E-state index in [-0.39, 0.29) is 18.9 Å². The smallest absolute Gasteiger partial charge is 0.302 e. The molecule has 24 heavy (non-hydrogen) atoms. The normalized spacial score (nSPS) is 22.2. The molecule has 0 aromatic heterocycles. The second-order valence-corrected chi connectivity index (χ2v) is 7.73. The standard InChI is InChI=1S/C16H21FN2O4S/c17-24(21,22)12-14-9-16(20)19(11-14)10-13-1-3-15(4-2-13)18-5-7-23-8-6-18/h1-4,14H,5-12H2. The lowest BCUT2D eigenvalue weighted by Gasteiger charge is -2.29. The number of morpholine rings is 1. The number of rotatable bonds is 5. The van der Waals surface area contributed by atoms with Crippen LogP contribution in [0.15, 0.2) is 24.3 Å². The minimum atomic E-state index is -4.54.